The Labute approximate surface area is 189 Å². The summed E-state index contributed by atoms with van der Waals surface area (Å²) in [7, 11) is -2.00. The summed E-state index contributed by atoms with van der Waals surface area (Å²) < 4.78 is 25.7. The molecule has 9 heteroatoms. The molecule has 2 aromatic carbocycles. The van der Waals surface area contributed by atoms with Crippen molar-refractivity contribution in [2.24, 2.45) is 0 Å². The van der Waals surface area contributed by atoms with Crippen molar-refractivity contribution >= 4 is 39.1 Å². The second-order valence-electron chi connectivity index (χ2n) is 7.21. The van der Waals surface area contributed by atoms with Crippen LogP contribution in [0.3, 0.4) is 0 Å². The average Bonchev–Trinajstić information content (AvgIpc) is 2.74. The van der Waals surface area contributed by atoms with Gasteiger partial charge in [0.1, 0.15) is 6.04 Å². The molecule has 0 aliphatic rings. The van der Waals surface area contributed by atoms with Gasteiger partial charge >= 0.3 is 0 Å². The Kier molecular flexibility index (Phi) is 8.88. The van der Waals surface area contributed by atoms with Crippen LogP contribution in [-0.4, -0.2) is 51.0 Å². The number of anilines is 1. The van der Waals surface area contributed by atoms with Crippen molar-refractivity contribution < 1.29 is 18.0 Å². The monoisotopic (exact) mass is 465 g/mol. The fraction of sp³-hybridized carbons (Fsp3) is 0.364. The van der Waals surface area contributed by atoms with Crippen LogP contribution in [0.1, 0.15) is 25.3 Å². The number of carbonyl (C=O) groups is 2. The van der Waals surface area contributed by atoms with Crippen molar-refractivity contribution in [3.63, 3.8) is 0 Å². The number of amides is 2. The van der Waals surface area contributed by atoms with Gasteiger partial charge in [0.25, 0.3) is 0 Å². The minimum Gasteiger partial charge on any atom is -0.357 e. The molecule has 7 nitrogen and oxygen atoms in total. The van der Waals surface area contributed by atoms with Gasteiger partial charge < -0.3 is 10.2 Å². The molecule has 0 aliphatic carbocycles. The summed E-state index contributed by atoms with van der Waals surface area (Å²) in [6.07, 6.45) is 1.53. The lowest BCUT2D eigenvalue weighted by Gasteiger charge is -2.29. The van der Waals surface area contributed by atoms with Gasteiger partial charge in [0.15, 0.2) is 0 Å². The molecule has 1 atom stereocenters. The van der Waals surface area contributed by atoms with E-state index in [1.807, 2.05) is 30.3 Å². The minimum absolute atomic E-state index is 0.105. The Morgan fingerprint density at radius 2 is 1.68 bits per heavy atom. The van der Waals surface area contributed by atoms with Gasteiger partial charge in [-0.15, -0.1) is 0 Å². The Hall–Kier alpha value is -2.58. The van der Waals surface area contributed by atoms with Crippen molar-refractivity contribution in [1.82, 2.24) is 10.2 Å². The van der Waals surface area contributed by atoms with Crippen LogP contribution in [0.15, 0.2) is 54.6 Å². The number of halogens is 1. The molecule has 168 valence electrons. The van der Waals surface area contributed by atoms with Crippen LogP contribution in [0.5, 0.6) is 0 Å². The van der Waals surface area contributed by atoms with Crippen LogP contribution in [0, 0.1) is 0 Å². The van der Waals surface area contributed by atoms with Crippen LogP contribution in [0.2, 0.25) is 5.02 Å². The number of carbonyl (C=O) groups excluding carboxylic acids is 2. The van der Waals surface area contributed by atoms with Crippen LogP contribution in [0.4, 0.5) is 5.69 Å². The highest BCUT2D eigenvalue weighted by atomic mass is 35.5. The van der Waals surface area contributed by atoms with Crippen LogP contribution >= 0.6 is 11.6 Å². The second-order valence-corrected chi connectivity index (χ2v) is 9.56. The molecule has 2 amide bonds. The fourth-order valence-electron chi connectivity index (χ4n) is 3.18. The van der Waals surface area contributed by atoms with Crippen LogP contribution < -0.4 is 9.62 Å². The van der Waals surface area contributed by atoms with E-state index >= 15 is 0 Å². The maximum atomic E-state index is 13.0. The third-order valence-electron chi connectivity index (χ3n) is 4.88. The van der Waals surface area contributed by atoms with E-state index in [2.05, 4.69) is 5.32 Å². The molecular formula is C22H28ClN3O4S. The number of nitrogens with one attached hydrogen (secondary N) is 1. The Morgan fingerprint density at radius 1 is 1.06 bits per heavy atom. The van der Waals surface area contributed by atoms with Crippen molar-refractivity contribution in [1.29, 1.82) is 0 Å². The van der Waals surface area contributed by atoms with Crippen LogP contribution in [0.25, 0.3) is 0 Å². The summed E-state index contributed by atoms with van der Waals surface area (Å²) in [5.41, 5.74) is 1.39. The number of benzene rings is 2. The van der Waals surface area contributed by atoms with Gasteiger partial charge in [-0.25, -0.2) is 8.42 Å². The van der Waals surface area contributed by atoms with Crippen molar-refractivity contribution in [2.45, 2.75) is 32.4 Å². The molecule has 0 bridgehead atoms. The van der Waals surface area contributed by atoms with Gasteiger partial charge in [-0.05, 0) is 43.2 Å². The Balaban J connectivity index is 2.11. The standard InChI is InChI=1S/C22H28ClN3O4S/c1-17(22(28)24-2)25(16-18-8-5-4-6-9-18)21(27)10-7-15-26(31(3,29)30)20-13-11-19(23)12-14-20/h4-6,8-9,11-14,17H,7,10,15-16H2,1-3H3,(H,24,28)/t17-/m0/s1. The number of hydrogen-bond acceptors (Lipinski definition) is 4. The highest BCUT2D eigenvalue weighted by Gasteiger charge is 2.26. The number of rotatable bonds is 10. The van der Waals surface area contributed by atoms with E-state index in [0.29, 0.717) is 23.7 Å². The van der Waals surface area contributed by atoms with Gasteiger partial charge in [-0.3, -0.25) is 13.9 Å². The zero-order chi connectivity index (χ0) is 23.0. The first-order valence-corrected chi connectivity index (χ1v) is 12.1. The summed E-state index contributed by atoms with van der Waals surface area (Å²) in [6, 6.07) is 15.2. The molecule has 0 saturated heterocycles. The van der Waals surface area contributed by atoms with Gasteiger partial charge in [0.2, 0.25) is 21.8 Å². The fourth-order valence-corrected chi connectivity index (χ4v) is 4.27. The first kappa shape index (κ1) is 24.7. The molecule has 0 heterocycles. The van der Waals surface area contributed by atoms with E-state index in [9.17, 15) is 18.0 Å². The third kappa shape index (κ3) is 7.25. The molecule has 2 rings (SSSR count). The summed E-state index contributed by atoms with van der Waals surface area (Å²) in [6.45, 7) is 2.11. The minimum atomic E-state index is -3.53. The quantitative estimate of drug-likeness (QED) is 0.584. The molecule has 1 N–H and O–H groups in total. The first-order chi connectivity index (χ1) is 14.6. The van der Waals surface area contributed by atoms with E-state index in [4.69, 9.17) is 11.6 Å². The maximum absolute atomic E-state index is 13.0. The molecule has 2 aromatic rings. The molecule has 0 unspecified atom stereocenters. The zero-order valence-corrected chi connectivity index (χ0v) is 19.5. The van der Waals surface area contributed by atoms with Gasteiger partial charge in [0.05, 0.1) is 11.9 Å². The normalized spacial score (nSPS) is 12.1. The molecule has 0 spiro atoms. The largest absolute Gasteiger partial charge is 0.357 e. The Morgan fingerprint density at radius 3 is 2.23 bits per heavy atom. The molecule has 0 fully saturated rings. The van der Waals surface area contributed by atoms with Crippen molar-refractivity contribution in [3.8, 4) is 0 Å². The van der Waals surface area contributed by atoms with Crippen molar-refractivity contribution in [2.75, 3.05) is 24.2 Å². The van der Waals surface area contributed by atoms with E-state index in [-0.39, 0.29) is 24.8 Å². The molecule has 0 aliphatic heterocycles. The predicted molar refractivity (Wildman–Crippen MR) is 123 cm³/mol. The van der Waals surface area contributed by atoms with E-state index in [0.717, 1.165) is 11.8 Å². The average molecular weight is 466 g/mol. The highest BCUT2D eigenvalue weighted by Crippen LogP contribution is 2.21. The Bertz CT molecular complexity index is 982. The number of nitrogens with zero attached hydrogens (tertiary/aromatic N) is 2. The maximum Gasteiger partial charge on any atom is 0.242 e. The number of likely N-dealkylation sites (N-methyl/N-ethyl adjacent to an activating group) is 1. The zero-order valence-electron chi connectivity index (χ0n) is 17.9. The van der Waals surface area contributed by atoms with Gasteiger partial charge in [-0.1, -0.05) is 41.9 Å². The summed E-state index contributed by atoms with van der Waals surface area (Å²) in [5, 5.41) is 3.08. The van der Waals surface area contributed by atoms with Gasteiger partial charge in [0, 0.05) is 31.6 Å². The SMILES string of the molecule is CNC(=O)[C@H](C)N(Cc1ccccc1)C(=O)CCCN(c1ccc(Cl)cc1)S(C)(=O)=O. The number of hydrogen-bond donors (Lipinski definition) is 1. The molecule has 0 saturated carbocycles. The van der Waals surface area contributed by atoms with E-state index < -0.39 is 16.1 Å². The smallest absolute Gasteiger partial charge is 0.242 e. The first-order valence-electron chi connectivity index (χ1n) is 9.91. The lowest BCUT2D eigenvalue weighted by molar-refractivity contribution is -0.140. The third-order valence-corrected chi connectivity index (χ3v) is 6.32. The van der Waals surface area contributed by atoms with Crippen molar-refractivity contribution in [3.05, 3.63) is 65.2 Å². The lowest BCUT2D eigenvalue weighted by atomic mass is 10.1. The summed E-state index contributed by atoms with van der Waals surface area (Å²) in [5.74, 6) is -0.479. The van der Waals surface area contributed by atoms with E-state index in [1.54, 1.807) is 31.2 Å². The predicted octanol–water partition coefficient (Wildman–Crippen LogP) is 3.05. The van der Waals surface area contributed by atoms with E-state index in [1.165, 1.54) is 16.3 Å². The second kappa shape index (κ2) is 11.2. The molecule has 0 aromatic heterocycles. The summed E-state index contributed by atoms with van der Waals surface area (Å²) in [4.78, 5) is 26.7. The molecule has 0 radical (unpaired) electrons. The lowest BCUT2D eigenvalue weighted by Crippen LogP contribution is -2.46. The van der Waals surface area contributed by atoms with Crippen LogP contribution in [-0.2, 0) is 26.2 Å². The number of sulfonamides is 1. The molecular weight excluding hydrogens is 438 g/mol. The summed E-state index contributed by atoms with van der Waals surface area (Å²) >= 11 is 5.89. The topological polar surface area (TPSA) is 86.8 Å². The van der Waals surface area contributed by atoms with Gasteiger partial charge in [-0.2, -0.15) is 0 Å². The highest BCUT2D eigenvalue weighted by molar-refractivity contribution is 7.92. The molecule has 31 heavy (non-hydrogen) atoms.